The normalized spacial score (nSPS) is 16.2. The molecule has 1 aliphatic heterocycles. The summed E-state index contributed by atoms with van der Waals surface area (Å²) in [5, 5.41) is 7.67. The summed E-state index contributed by atoms with van der Waals surface area (Å²) in [6.07, 6.45) is 6.66. The minimum atomic E-state index is -0.00812. The number of pyridine rings is 1. The van der Waals surface area contributed by atoms with E-state index in [9.17, 15) is 4.79 Å². The minimum absolute atomic E-state index is 0.00812. The highest BCUT2D eigenvalue weighted by Gasteiger charge is 2.28. The monoisotopic (exact) mass is 384 g/mol. The van der Waals surface area contributed by atoms with Gasteiger partial charge < -0.3 is 9.47 Å². The Bertz CT molecular complexity index is 1220. The summed E-state index contributed by atoms with van der Waals surface area (Å²) in [6.45, 7) is 1.21. The van der Waals surface area contributed by atoms with Crippen molar-refractivity contribution in [3.8, 4) is 11.3 Å². The molecule has 0 radical (unpaired) electrons. The lowest BCUT2D eigenvalue weighted by Crippen LogP contribution is -2.36. The molecule has 7 nitrogen and oxygen atoms in total. The fourth-order valence-corrected chi connectivity index (χ4v) is 4.14. The van der Waals surface area contributed by atoms with Crippen LogP contribution >= 0.6 is 0 Å². The number of hydrogen-bond acceptors (Lipinski definition) is 4. The maximum atomic E-state index is 13.2. The van der Waals surface area contributed by atoms with Gasteiger partial charge in [0.05, 0.1) is 17.6 Å². The van der Waals surface area contributed by atoms with Gasteiger partial charge in [0.2, 0.25) is 0 Å². The van der Waals surface area contributed by atoms with Crippen LogP contribution in [0.2, 0.25) is 0 Å². The molecular weight excluding hydrogens is 364 g/mol. The van der Waals surface area contributed by atoms with Crippen LogP contribution in [0, 0.1) is 0 Å². The molecular formula is C22H20N6O. The van der Waals surface area contributed by atoms with Gasteiger partial charge in [-0.15, -0.1) is 0 Å². The fraction of sp³-hybridized carbons (Fsp3) is 0.273. The molecule has 144 valence electrons. The van der Waals surface area contributed by atoms with Crippen LogP contribution in [0.25, 0.3) is 22.4 Å². The highest BCUT2D eigenvalue weighted by molar-refractivity contribution is 5.96. The molecule has 0 bridgehead atoms. The van der Waals surface area contributed by atoms with Gasteiger partial charge in [0, 0.05) is 48.6 Å². The van der Waals surface area contributed by atoms with E-state index in [-0.39, 0.29) is 5.91 Å². The van der Waals surface area contributed by atoms with E-state index in [1.807, 2.05) is 47.6 Å². The van der Waals surface area contributed by atoms with Gasteiger partial charge in [0.25, 0.3) is 5.91 Å². The Morgan fingerprint density at radius 3 is 2.83 bits per heavy atom. The summed E-state index contributed by atoms with van der Waals surface area (Å²) in [4.78, 5) is 24.1. The standard InChI is InChI=1S/C22H20N6O/c29-22(15-10-19-21(23-11-15)28(13-24-19)16-6-7-16)27-9-8-18-17(12-27)20(26-25-18)14-4-2-1-3-5-14/h1-5,10-11,13,16H,6-9,12H2,(H,25,26). The molecule has 1 N–H and O–H groups in total. The Hall–Kier alpha value is -3.48. The number of amides is 1. The Labute approximate surface area is 167 Å². The predicted octanol–water partition coefficient (Wildman–Crippen LogP) is 3.35. The van der Waals surface area contributed by atoms with Crippen molar-refractivity contribution in [2.24, 2.45) is 0 Å². The second-order valence-corrected chi connectivity index (χ2v) is 7.82. The van der Waals surface area contributed by atoms with Crippen LogP contribution in [0.4, 0.5) is 0 Å². The van der Waals surface area contributed by atoms with Crippen LogP contribution in [0.3, 0.4) is 0 Å². The van der Waals surface area contributed by atoms with E-state index >= 15 is 0 Å². The van der Waals surface area contributed by atoms with Gasteiger partial charge in [-0.1, -0.05) is 30.3 Å². The summed E-state index contributed by atoms with van der Waals surface area (Å²) in [5.41, 5.74) is 6.45. The zero-order valence-corrected chi connectivity index (χ0v) is 15.9. The zero-order valence-electron chi connectivity index (χ0n) is 15.9. The highest BCUT2D eigenvalue weighted by atomic mass is 16.2. The second-order valence-electron chi connectivity index (χ2n) is 7.82. The number of rotatable bonds is 3. The predicted molar refractivity (Wildman–Crippen MR) is 108 cm³/mol. The van der Waals surface area contributed by atoms with Crippen molar-refractivity contribution in [2.45, 2.75) is 31.8 Å². The van der Waals surface area contributed by atoms with E-state index in [1.54, 1.807) is 6.20 Å². The van der Waals surface area contributed by atoms with E-state index in [0.29, 0.717) is 24.7 Å². The molecule has 1 fully saturated rings. The maximum absolute atomic E-state index is 13.2. The third-order valence-electron chi connectivity index (χ3n) is 5.87. The molecule has 0 spiro atoms. The van der Waals surface area contributed by atoms with Gasteiger partial charge in [-0.25, -0.2) is 9.97 Å². The first-order valence-electron chi connectivity index (χ1n) is 10.0. The zero-order chi connectivity index (χ0) is 19.4. The Kier molecular flexibility index (Phi) is 3.56. The SMILES string of the molecule is O=C(c1cnc2c(c1)ncn2C1CC1)N1CCc2[nH]nc(-c3ccccc3)c2C1. The van der Waals surface area contributed by atoms with Gasteiger partial charge in [0.15, 0.2) is 5.65 Å². The van der Waals surface area contributed by atoms with Crippen LogP contribution in [0.15, 0.2) is 48.9 Å². The molecule has 4 aromatic rings. The van der Waals surface area contributed by atoms with E-state index < -0.39 is 0 Å². The number of benzene rings is 1. The maximum Gasteiger partial charge on any atom is 0.255 e. The van der Waals surface area contributed by atoms with Crippen LogP contribution < -0.4 is 0 Å². The summed E-state index contributed by atoms with van der Waals surface area (Å²) in [5.74, 6) is -0.00812. The Balaban J connectivity index is 1.30. The largest absolute Gasteiger partial charge is 0.334 e. The molecule has 3 aromatic heterocycles. The molecule has 4 heterocycles. The smallest absolute Gasteiger partial charge is 0.255 e. The van der Waals surface area contributed by atoms with Crippen LogP contribution in [-0.2, 0) is 13.0 Å². The quantitative estimate of drug-likeness (QED) is 0.587. The lowest BCUT2D eigenvalue weighted by atomic mass is 10.0. The first-order chi connectivity index (χ1) is 14.3. The number of imidazole rings is 1. The number of aromatic amines is 1. The van der Waals surface area contributed by atoms with E-state index in [4.69, 9.17) is 0 Å². The molecule has 2 aliphatic rings. The number of carbonyl (C=O) groups is 1. The average molecular weight is 384 g/mol. The number of fused-ring (bicyclic) bond motifs is 2. The number of carbonyl (C=O) groups excluding carboxylic acids is 1. The number of nitrogens with zero attached hydrogens (tertiary/aromatic N) is 5. The topological polar surface area (TPSA) is 79.7 Å². The van der Waals surface area contributed by atoms with Gasteiger partial charge in [0.1, 0.15) is 5.52 Å². The summed E-state index contributed by atoms with van der Waals surface area (Å²) in [7, 11) is 0. The van der Waals surface area contributed by atoms with Crippen LogP contribution in [0.5, 0.6) is 0 Å². The molecule has 6 rings (SSSR count). The molecule has 1 saturated carbocycles. The fourth-order valence-electron chi connectivity index (χ4n) is 4.14. The third kappa shape index (κ3) is 2.73. The van der Waals surface area contributed by atoms with Crippen molar-refractivity contribution in [2.75, 3.05) is 6.54 Å². The Morgan fingerprint density at radius 1 is 1.14 bits per heavy atom. The lowest BCUT2D eigenvalue weighted by molar-refractivity contribution is 0.0734. The number of aromatic nitrogens is 5. The first-order valence-corrected chi connectivity index (χ1v) is 10.0. The molecule has 7 heteroatoms. The van der Waals surface area contributed by atoms with E-state index in [2.05, 4.69) is 24.7 Å². The molecule has 0 unspecified atom stereocenters. The third-order valence-corrected chi connectivity index (χ3v) is 5.87. The molecule has 0 atom stereocenters. The summed E-state index contributed by atoms with van der Waals surface area (Å²) in [6, 6.07) is 12.5. The van der Waals surface area contributed by atoms with Crippen molar-refractivity contribution < 1.29 is 4.79 Å². The second kappa shape index (κ2) is 6.27. The number of hydrogen-bond donors (Lipinski definition) is 1. The average Bonchev–Trinajstić information content (AvgIpc) is 3.39. The van der Waals surface area contributed by atoms with Crippen molar-refractivity contribution in [1.29, 1.82) is 0 Å². The van der Waals surface area contributed by atoms with E-state index in [1.165, 1.54) is 12.8 Å². The van der Waals surface area contributed by atoms with Crippen molar-refractivity contribution >= 4 is 17.1 Å². The summed E-state index contributed by atoms with van der Waals surface area (Å²) < 4.78 is 2.12. The molecule has 29 heavy (non-hydrogen) atoms. The molecule has 0 saturated heterocycles. The van der Waals surface area contributed by atoms with Crippen molar-refractivity contribution in [1.82, 2.24) is 29.6 Å². The van der Waals surface area contributed by atoms with Gasteiger partial charge in [-0.2, -0.15) is 5.10 Å². The lowest BCUT2D eigenvalue weighted by Gasteiger charge is -2.27. The molecule has 1 amide bonds. The number of nitrogens with one attached hydrogen (secondary N) is 1. The van der Waals surface area contributed by atoms with Gasteiger partial charge >= 0.3 is 0 Å². The van der Waals surface area contributed by atoms with Crippen LogP contribution in [0.1, 0.15) is 40.5 Å². The van der Waals surface area contributed by atoms with Crippen molar-refractivity contribution in [3.63, 3.8) is 0 Å². The van der Waals surface area contributed by atoms with Crippen LogP contribution in [-0.4, -0.2) is 42.1 Å². The summed E-state index contributed by atoms with van der Waals surface area (Å²) >= 11 is 0. The first kappa shape index (κ1) is 16.5. The molecule has 1 aromatic carbocycles. The van der Waals surface area contributed by atoms with Gasteiger partial charge in [-0.3, -0.25) is 9.89 Å². The van der Waals surface area contributed by atoms with Crippen molar-refractivity contribution in [3.05, 3.63) is 65.7 Å². The highest BCUT2D eigenvalue weighted by Crippen LogP contribution is 2.36. The van der Waals surface area contributed by atoms with Gasteiger partial charge in [-0.05, 0) is 18.9 Å². The molecule has 1 aliphatic carbocycles. The number of H-pyrrole nitrogens is 1. The Morgan fingerprint density at radius 2 is 2.00 bits per heavy atom. The minimum Gasteiger partial charge on any atom is -0.334 e. The van der Waals surface area contributed by atoms with E-state index in [0.717, 1.165) is 40.1 Å².